The van der Waals surface area contributed by atoms with Gasteiger partial charge in [-0.2, -0.15) is 0 Å². The van der Waals surface area contributed by atoms with E-state index in [4.69, 9.17) is 4.74 Å². The van der Waals surface area contributed by atoms with Crippen molar-refractivity contribution in [1.29, 1.82) is 0 Å². The Morgan fingerprint density at radius 3 is 2.21 bits per heavy atom. The van der Waals surface area contributed by atoms with Gasteiger partial charge in [0.25, 0.3) is 0 Å². The Balaban J connectivity index is 1.58. The first-order valence-electron chi connectivity index (χ1n) is 11.1. The van der Waals surface area contributed by atoms with E-state index in [0.29, 0.717) is 12.0 Å². The summed E-state index contributed by atoms with van der Waals surface area (Å²) in [5, 5.41) is 11.9. The predicted molar refractivity (Wildman–Crippen MR) is 121 cm³/mol. The van der Waals surface area contributed by atoms with Crippen LogP contribution in [0.2, 0.25) is 0 Å². The summed E-state index contributed by atoms with van der Waals surface area (Å²) in [5.41, 5.74) is 1.52. The molecule has 0 unspecified atom stereocenters. The molecule has 3 nitrogen and oxygen atoms in total. The minimum atomic E-state index is 0.477. The van der Waals surface area contributed by atoms with Crippen molar-refractivity contribution in [3.8, 4) is 0 Å². The van der Waals surface area contributed by atoms with Crippen LogP contribution in [0, 0.1) is 5.92 Å². The van der Waals surface area contributed by atoms with Crippen LogP contribution in [0.1, 0.15) is 24.4 Å². The van der Waals surface area contributed by atoms with Gasteiger partial charge in [0.1, 0.15) is 0 Å². The maximum atomic E-state index is 5.72. The summed E-state index contributed by atoms with van der Waals surface area (Å²) in [5.74, 6) is 0.667. The molecule has 0 aromatic heterocycles. The van der Waals surface area contributed by atoms with Gasteiger partial charge in [-0.15, -0.1) is 0 Å². The first-order chi connectivity index (χ1) is 14.4. The molecule has 6 rings (SSSR count). The normalized spacial score (nSPS) is 20.7. The second-order valence-electron chi connectivity index (χ2n) is 8.69. The maximum absolute atomic E-state index is 5.72. The molecule has 0 bridgehead atoms. The van der Waals surface area contributed by atoms with Gasteiger partial charge >= 0.3 is 0 Å². The smallest absolute Gasteiger partial charge is 0.0469 e. The molecular formula is C26H28N2O. The molecule has 4 aromatic rings. The van der Waals surface area contributed by atoms with E-state index in [1.807, 2.05) is 0 Å². The molecule has 0 amide bonds. The third-order valence-corrected chi connectivity index (χ3v) is 7.14. The molecule has 4 aromatic carbocycles. The Hall–Kier alpha value is -2.20. The van der Waals surface area contributed by atoms with Gasteiger partial charge in [-0.25, -0.2) is 0 Å². The molecular weight excluding hydrogens is 356 g/mol. The molecule has 0 saturated carbocycles. The Morgan fingerprint density at radius 2 is 1.45 bits per heavy atom. The molecule has 148 valence electrons. The number of ether oxygens (including phenoxy) is 1. The summed E-state index contributed by atoms with van der Waals surface area (Å²) in [6, 6.07) is 21.2. The number of benzene rings is 4. The van der Waals surface area contributed by atoms with E-state index in [0.717, 1.165) is 52.2 Å². The van der Waals surface area contributed by atoms with Crippen LogP contribution < -0.4 is 5.32 Å². The number of nitrogens with zero attached hydrogens (tertiary/aromatic N) is 1. The van der Waals surface area contributed by atoms with E-state index in [1.165, 1.54) is 37.9 Å². The minimum absolute atomic E-state index is 0.477. The van der Waals surface area contributed by atoms with Crippen molar-refractivity contribution < 1.29 is 4.74 Å². The molecule has 2 fully saturated rings. The summed E-state index contributed by atoms with van der Waals surface area (Å²) < 4.78 is 5.72. The van der Waals surface area contributed by atoms with Gasteiger partial charge in [0.05, 0.1) is 0 Å². The van der Waals surface area contributed by atoms with Crippen molar-refractivity contribution in [2.75, 3.05) is 39.4 Å². The van der Waals surface area contributed by atoms with Gasteiger partial charge in [-0.3, -0.25) is 4.90 Å². The van der Waals surface area contributed by atoms with Gasteiger partial charge in [0, 0.05) is 45.4 Å². The number of rotatable bonds is 3. The number of nitrogens with one attached hydrogen (secondary N) is 1. The Labute approximate surface area is 172 Å². The average molecular weight is 385 g/mol. The second-order valence-corrected chi connectivity index (χ2v) is 8.69. The number of hydrogen-bond donors (Lipinski definition) is 1. The maximum Gasteiger partial charge on any atom is 0.0469 e. The van der Waals surface area contributed by atoms with Crippen molar-refractivity contribution in [2.24, 2.45) is 5.92 Å². The first kappa shape index (κ1) is 17.6. The number of piperazine rings is 1. The standard InChI is InChI=1S/C26H28N2O/c1-2-18-4-5-20-7-9-23(22-8-6-19(3-1)24(18)25(20)22)26(21-10-16-29-17-11-21)28-14-12-27-13-15-28/h1-9,21,26-27H,10-17H2/t26-/m1/s1. The summed E-state index contributed by atoms with van der Waals surface area (Å²) in [6.07, 6.45) is 2.33. The van der Waals surface area contributed by atoms with Crippen LogP contribution in [-0.4, -0.2) is 44.3 Å². The Kier molecular flexibility index (Phi) is 4.41. The van der Waals surface area contributed by atoms with Gasteiger partial charge in [0.2, 0.25) is 0 Å². The quantitative estimate of drug-likeness (QED) is 0.506. The van der Waals surface area contributed by atoms with Crippen LogP contribution in [0.4, 0.5) is 0 Å². The van der Waals surface area contributed by atoms with E-state index in [9.17, 15) is 0 Å². The summed E-state index contributed by atoms with van der Waals surface area (Å²) in [6.45, 7) is 6.24. The predicted octanol–water partition coefficient (Wildman–Crippen LogP) is 4.96. The highest BCUT2D eigenvalue weighted by molar-refractivity contribution is 6.23. The van der Waals surface area contributed by atoms with Crippen molar-refractivity contribution in [3.05, 3.63) is 60.2 Å². The lowest BCUT2D eigenvalue weighted by atomic mass is 9.82. The molecule has 0 aliphatic carbocycles. The van der Waals surface area contributed by atoms with Crippen LogP contribution in [0.25, 0.3) is 32.3 Å². The second kappa shape index (κ2) is 7.24. The molecule has 1 atom stereocenters. The molecule has 3 heteroatoms. The van der Waals surface area contributed by atoms with Crippen molar-refractivity contribution in [3.63, 3.8) is 0 Å². The van der Waals surface area contributed by atoms with Crippen molar-refractivity contribution in [2.45, 2.75) is 18.9 Å². The third kappa shape index (κ3) is 2.92. The van der Waals surface area contributed by atoms with Gasteiger partial charge in [-0.1, -0.05) is 54.6 Å². The Bertz CT molecular complexity index is 1110. The van der Waals surface area contributed by atoms with E-state index in [1.54, 1.807) is 0 Å². The van der Waals surface area contributed by atoms with Crippen LogP contribution in [0.15, 0.2) is 54.6 Å². The highest BCUT2D eigenvalue weighted by Gasteiger charge is 2.32. The topological polar surface area (TPSA) is 24.5 Å². The zero-order chi connectivity index (χ0) is 19.2. The monoisotopic (exact) mass is 384 g/mol. The van der Waals surface area contributed by atoms with Crippen molar-refractivity contribution in [1.82, 2.24) is 10.2 Å². The van der Waals surface area contributed by atoms with Crippen LogP contribution in [0.3, 0.4) is 0 Å². The van der Waals surface area contributed by atoms with Crippen LogP contribution in [-0.2, 0) is 4.74 Å². The summed E-state index contributed by atoms with van der Waals surface area (Å²) >= 11 is 0. The highest BCUT2D eigenvalue weighted by atomic mass is 16.5. The molecule has 2 heterocycles. The fourth-order valence-electron chi connectivity index (χ4n) is 5.76. The fourth-order valence-corrected chi connectivity index (χ4v) is 5.76. The third-order valence-electron chi connectivity index (χ3n) is 7.14. The van der Waals surface area contributed by atoms with Gasteiger partial charge in [0.15, 0.2) is 0 Å². The minimum Gasteiger partial charge on any atom is -0.381 e. The molecule has 2 aliphatic heterocycles. The highest BCUT2D eigenvalue weighted by Crippen LogP contribution is 2.42. The van der Waals surface area contributed by atoms with Gasteiger partial charge < -0.3 is 10.1 Å². The molecule has 1 N–H and O–H groups in total. The summed E-state index contributed by atoms with van der Waals surface area (Å²) in [7, 11) is 0. The van der Waals surface area contributed by atoms with Crippen LogP contribution >= 0.6 is 0 Å². The zero-order valence-electron chi connectivity index (χ0n) is 16.9. The average Bonchev–Trinajstić information content (AvgIpc) is 2.80. The van der Waals surface area contributed by atoms with Crippen LogP contribution in [0.5, 0.6) is 0 Å². The van der Waals surface area contributed by atoms with Gasteiger partial charge in [-0.05, 0) is 56.6 Å². The lowest BCUT2D eigenvalue weighted by Gasteiger charge is -2.41. The first-order valence-corrected chi connectivity index (χ1v) is 11.1. The lowest BCUT2D eigenvalue weighted by molar-refractivity contribution is 0.0217. The summed E-state index contributed by atoms with van der Waals surface area (Å²) in [4.78, 5) is 2.73. The fraction of sp³-hybridized carbons (Fsp3) is 0.385. The Morgan fingerprint density at radius 1 is 0.793 bits per heavy atom. The molecule has 2 aliphatic rings. The molecule has 0 spiro atoms. The van der Waals surface area contributed by atoms with E-state index in [2.05, 4.69) is 64.8 Å². The zero-order valence-corrected chi connectivity index (χ0v) is 16.9. The lowest BCUT2D eigenvalue weighted by Crippen LogP contribution is -2.47. The largest absolute Gasteiger partial charge is 0.381 e. The molecule has 2 saturated heterocycles. The van der Waals surface area contributed by atoms with E-state index < -0.39 is 0 Å². The van der Waals surface area contributed by atoms with E-state index in [-0.39, 0.29) is 0 Å². The SMILES string of the molecule is c1cc2ccc3ccc([C@@H](C4CCOCC4)N4CCNCC4)c4ccc(c1)c2c34. The molecule has 0 radical (unpaired) electrons. The molecule has 29 heavy (non-hydrogen) atoms. The van der Waals surface area contributed by atoms with E-state index >= 15 is 0 Å². The van der Waals surface area contributed by atoms with Crippen molar-refractivity contribution >= 4 is 32.3 Å². The number of hydrogen-bond acceptors (Lipinski definition) is 3.